The van der Waals surface area contributed by atoms with Gasteiger partial charge in [0, 0.05) is 29.7 Å². The summed E-state index contributed by atoms with van der Waals surface area (Å²) in [5.41, 5.74) is 5.68. The van der Waals surface area contributed by atoms with Crippen LogP contribution in [0.5, 0.6) is 0 Å². The molecule has 0 saturated heterocycles. The van der Waals surface area contributed by atoms with Crippen molar-refractivity contribution in [2.45, 2.75) is 50.6 Å². The second-order valence-electron chi connectivity index (χ2n) is 8.66. The Labute approximate surface area is 198 Å². The molecule has 1 saturated carbocycles. The highest BCUT2D eigenvalue weighted by atomic mass is 32.2. The van der Waals surface area contributed by atoms with Crippen molar-refractivity contribution in [3.8, 4) is 6.07 Å². The minimum atomic E-state index is 0.0121. The number of nitrogens with one attached hydrogen (secondary N) is 2. The number of hydrogen-bond acceptors (Lipinski definition) is 7. The molecule has 2 N–H and O–H groups in total. The molecule has 1 fully saturated rings. The fraction of sp³-hybridized carbons (Fsp3) is 0.417. The van der Waals surface area contributed by atoms with Gasteiger partial charge < -0.3 is 10.6 Å². The maximum atomic E-state index is 9.74. The van der Waals surface area contributed by atoms with Gasteiger partial charge in [-0.3, -0.25) is 4.68 Å². The van der Waals surface area contributed by atoms with E-state index in [2.05, 4.69) is 62.2 Å². The Morgan fingerprint density at radius 3 is 2.94 bits per heavy atom. The predicted molar refractivity (Wildman–Crippen MR) is 131 cm³/mol. The van der Waals surface area contributed by atoms with Crippen LogP contribution in [-0.4, -0.2) is 31.0 Å². The Kier molecular flexibility index (Phi) is 6.35. The first-order chi connectivity index (χ1) is 16.2. The van der Waals surface area contributed by atoms with Crippen molar-refractivity contribution in [3.63, 3.8) is 0 Å². The molecular weight excluding hydrogens is 432 g/mol. The average molecular weight is 461 g/mol. The van der Waals surface area contributed by atoms with Crippen LogP contribution in [-0.2, 0) is 18.8 Å². The number of anilines is 2. The fourth-order valence-electron chi connectivity index (χ4n) is 4.86. The molecule has 1 aliphatic carbocycles. The SMILES string of the molecule is CSCc1cc(Cn2ccnn2)cc(Nc2nn([C@H]3CCCC[C@@H]3C#N)c3c2CNC=C3)c1. The molecule has 0 amide bonds. The molecule has 9 heteroatoms. The van der Waals surface area contributed by atoms with E-state index in [0.29, 0.717) is 13.1 Å². The van der Waals surface area contributed by atoms with E-state index in [9.17, 15) is 5.26 Å². The zero-order valence-electron chi connectivity index (χ0n) is 18.7. The van der Waals surface area contributed by atoms with Gasteiger partial charge in [0.1, 0.15) is 0 Å². The second kappa shape index (κ2) is 9.71. The van der Waals surface area contributed by atoms with Crippen LogP contribution in [0.4, 0.5) is 11.5 Å². The molecule has 0 unspecified atom stereocenters. The van der Waals surface area contributed by atoms with Gasteiger partial charge in [0.25, 0.3) is 0 Å². The lowest BCUT2D eigenvalue weighted by Crippen LogP contribution is -2.24. The molecule has 1 aliphatic heterocycles. The lowest BCUT2D eigenvalue weighted by atomic mass is 9.85. The van der Waals surface area contributed by atoms with E-state index in [0.717, 1.165) is 59.8 Å². The van der Waals surface area contributed by atoms with E-state index >= 15 is 0 Å². The molecule has 3 heterocycles. The van der Waals surface area contributed by atoms with Gasteiger partial charge in [-0.05, 0) is 54.6 Å². The van der Waals surface area contributed by atoms with Gasteiger partial charge in [0.05, 0.1) is 36.5 Å². The summed E-state index contributed by atoms with van der Waals surface area (Å²) in [6.45, 7) is 1.38. The van der Waals surface area contributed by atoms with Crippen molar-refractivity contribution in [2.24, 2.45) is 5.92 Å². The number of nitrogens with zero attached hydrogens (tertiary/aromatic N) is 6. The van der Waals surface area contributed by atoms with Gasteiger partial charge in [-0.15, -0.1) is 5.10 Å². The molecule has 33 heavy (non-hydrogen) atoms. The monoisotopic (exact) mass is 460 g/mol. The van der Waals surface area contributed by atoms with E-state index in [1.165, 1.54) is 5.56 Å². The summed E-state index contributed by atoms with van der Waals surface area (Å²) >= 11 is 1.80. The molecule has 0 radical (unpaired) electrons. The minimum Gasteiger partial charge on any atom is -0.387 e. The molecule has 8 nitrogen and oxygen atoms in total. The van der Waals surface area contributed by atoms with Gasteiger partial charge in [0.15, 0.2) is 5.82 Å². The topological polar surface area (TPSA) is 96.4 Å². The molecule has 170 valence electrons. The van der Waals surface area contributed by atoms with Crippen molar-refractivity contribution < 1.29 is 0 Å². The highest BCUT2D eigenvalue weighted by molar-refractivity contribution is 7.97. The Bertz CT molecular complexity index is 1170. The minimum absolute atomic E-state index is 0.0121. The summed E-state index contributed by atoms with van der Waals surface area (Å²) in [6, 6.07) is 9.23. The van der Waals surface area contributed by atoms with Crippen LogP contribution in [0, 0.1) is 17.2 Å². The van der Waals surface area contributed by atoms with Crippen LogP contribution in [0.1, 0.15) is 54.1 Å². The average Bonchev–Trinajstić information content (AvgIpc) is 3.47. The normalized spacial score (nSPS) is 19.5. The number of aromatic nitrogens is 5. The Morgan fingerprint density at radius 2 is 2.12 bits per heavy atom. The summed E-state index contributed by atoms with van der Waals surface area (Å²) in [7, 11) is 0. The van der Waals surface area contributed by atoms with Crippen LogP contribution in [0.25, 0.3) is 6.08 Å². The molecule has 2 aliphatic rings. The zero-order valence-corrected chi connectivity index (χ0v) is 19.6. The number of benzene rings is 1. The first-order valence-corrected chi connectivity index (χ1v) is 12.8. The summed E-state index contributed by atoms with van der Waals surface area (Å²) in [6.07, 6.45) is 14.0. The predicted octanol–water partition coefficient (Wildman–Crippen LogP) is 4.46. The third-order valence-electron chi connectivity index (χ3n) is 6.34. The lowest BCUT2D eigenvalue weighted by Gasteiger charge is -2.28. The number of rotatable bonds is 7. The van der Waals surface area contributed by atoms with Crippen molar-refractivity contribution >= 4 is 29.3 Å². The van der Waals surface area contributed by atoms with Crippen molar-refractivity contribution in [3.05, 3.63) is 59.2 Å². The molecule has 2 aromatic heterocycles. The lowest BCUT2D eigenvalue weighted by molar-refractivity contribution is 0.269. The Hall–Kier alpha value is -3.25. The zero-order chi connectivity index (χ0) is 22.6. The third kappa shape index (κ3) is 4.62. The first-order valence-electron chi connectivity index (χ1n) is 11.4. The summed E-state index contributed by atoms with van der Waals surface area (Å²) < 4.78 is 3.93. The quantitative estimate of drug-likeness (QED) is 0.537. The van der Waals surface area contributed by atoms with E-state index in [-0.39, 0.29) is 12.0 Å². The van der Waals surface area contributed by atoms with Gasteiger partial charge in [-0.25, -0.2) is 4.68 Å². The van der Waals surface area contributed by atoms with Crippen LogP contribution in [0.15, 0.2) is 36.8 Å². The van der Waals surface area contributed by atoms with Crippen LogP contribution in [0.3, 0.4) is 0 Å². The molecule has 0 bridgehead atoms. The van der Waals surface area contributed by atoms with Gasteiger partial charge in [0.2, 0.25) is 0 Å². The van der Waals surface area contributed by atoms with Gasteiger partial charge in [-0.2, -0.15) is 22.1 Å². The summed E-state index contributed by atoms with van der Waals surface area (Å²) in [4.78, 5) is 0. The van der Waals surface area contributed by atoms with Crippen LogP contribution >= 0.6 is 11.8 Å². The van der Waals surface area contributed by atoms with Crippen molar-refractivity contribution in [2.75, 3.05) is 11.6 Å². The highest BCUT2D eigenvalue weighted by Gasteiger charge is 2.31. The molecule has 2 atom stereocenters. The molecule has 0 spiro atoms. The first kappa shape index (κ1) is 21.6. The van der Waals surface area contributed by atoms with Crippen LogP contribution in [0.2, 0.25) is 0 Å². The smallest absolute Gasteiger partial charge is 0.158 e. The van der Waals surface area contributed by atoms with E-state index in [1.807, 2.05) is 17.1 Å². The summed E-state index contributed by atoms with van der Waals surface area (Å²) in [5.74, 6) is 1.80. The van der Waals surface area contributed by atoms with Crippen molar-refractivity contribution in [1.82, 2.24) is 30.1 Å². The van der Waals surface area contributed by atoms with Crippen LogP contribution < -0.4 is 10.6 Å². The largest absolute Gasteiger partial charge is 0.387 e. The Balaban J connectivity index is 1.49. The number of hydrogen-bond donors (Lipinski definition) is 2. The third-order valence-corrected chi connectivity index (χ3v) is 6.96. The number of fused-ring (bicyclic) bond motifs is 1. The fourth-order valence-corrected chi connectivity index (χ4v) is 5.36. The van der Waals surface area contributed by atoms with E-state index < -0.39 is 0 Å². The maximum Gasteiger partial charge on any atom is 0.158 e. The van der Waals surface area contributed by atoms with Gasteiger partial charge in [-0.1, -0.05) is 24.1 Å². The molecule has 1 aromatic carbocycles. The number of nitriles is 1. The van der Waals surface area contributed by atoms with Crippen molar-refractivity contribution in [1.29, 1.82) is 5.26 Å². The molecule has 3 aromatic rings. The molecular formula is C24H28N8S. The molecule has 5 rings (SSSR count). The maximum absolute atomic E-state index is 9.74. The van der Waals surface area contributed by atoms with E-state index in [1.54, 1.807) is 18.0 Å². The highest BCUT2D eigenvalue weighted by Crippen LogP contribution is 2.37. The second-order valence-corrected chi connectivity index (χ2v) is 9.52. The standard InChI is InChI=1S/C24H28N8S/c1-33-16-18-10-17(15-31-9-8-27-30-31)11-20(12-18)28-24-21-14-26-7-6-23(21)32(29-24)22-5-3-2-4-19(22)13-25/h6-12,19,22,26H,2-5,14-16H2,1H3,(H,28,29)/t19-,22+/m1/s1. The van der Waals surface area contributed by atoms with Gasteiger partial charge >= 0.3 is 0 Å². The Morgan fingerprint density at radius 1 is 1.24 bits per heavy atom. The van der Waals surface area contributed by atoms with E-state index in [4.69, 9.17) is 5.10 Å². The summed E-state index contributed by atoms with van der Waals surface area (Å²) in [5, 5.41) is 29.7. The number of thioether (sulfide) groups is 1.